The van der Waals surface area contributed by atoms with Crippen molar-refractivity contribution in [2.75, 3.05) is 5.32 Å². The van der Waals surface area contributed by atoms with Gasteiger partial charge in [-0.3, -0.25) is 4.79 Å². The maximum atomic E-state index is 10.9. The molecule has 0 radical (unpaired) electrons. The van der Waals surface area contributed by atoms with Gasteiger partial charge in [0.25, 0.3) is 0 Å². The second-order valence-electron chi connectivity index (χ2n) is 3.76. The number of pyridine rings is 1. The molecule has 0 aliphatic rings. The molecule has 0 saturated heterocycles. The van der Waals surface area contributed by atoms with Gasteiger partial charge in [-0.1, -0.05) is 12.1 Å². The highest BCUT2D eigenvalue weighted by Crippen LogP contribution is 2.19. The molecule has 2 rings (SSSR count). The second kappa shape index (κ2) is 5.64. The quantitative estimate of drug-likeness (QED) is 0.853. The van der Waals surface area contributed by atoms with Gasteiger partial charge in [0.15, 0.2) is 0 Å². The van der Waals surface area contributed by atoms with Crippen molar-refractivity contribution in [3.63, 3.8) is 0 Å². The van der Waals surface area contributed by atoms with Crippen LogP contribution in [0.1, 0.15) is 15.9 Å². The number of amides is 1. The van der Waals surface area contributed by atoms with Gasteiger partial charge in [0.1, 0.15) is 4.60 Å². The van der Waals surface area contributed by atoms with E-state index < -0.39 is 5.91 Å². The van der Waals surface area contributed by atoms with Gasteiger partial charge in [-0.15, -0.1) is 0 Å². The Hall–Kier alpha value is -1.88. The zero-order valence-corrected chi connectivity index (χ0v) is 11.1. The Labute approximate surface area is 113 Å². The fourth-order valence-corrected chi connectivity index (χ4v) is 1.89. The molecule has 5 heteroatoms. The van der Waals surface area contributed by atoms with Crippen molar-refractivity contribution >= 4 is 27.5 Å². The van der Waals surface area contributed by atoms with Crippen LogP contribution in [-0.4, -0.2) is 10.9 Å². The predicted molar refractivity (Wildman–Crippen MR) is 74.2 cm³/mol. The number of rotatable bonds is 4. The SMILES string of the molecule is NC(=O)c1ccc(CNc2cccnc2Br)cc1. The molecule has 4 nitrogen and oxygen atoms in total. The van der Waals surface area contributed by atoms with Crippen molar-refractivity contribution in [1.82, 2.24) is 4.98 Å². The molecule has 1 heterocycles. The number of aromatic nitrogens is 1. The van der Waals surface area contributed by atoms with Gasteiger partial charge in [0, 0.05) is 18.3 Å². The first-order valence-electron chi connectivity index (χ1n) is 5.40. The summed E-state index contributed by atoms with van der Waals surface area (Å²) in [6, 6.07) is 11.0. The number of benzene rings is 1. The Morgan fingerprint density at radius 2 is 2.00 bits per heavy atom. The largest absolute Gasteiger partial charge is 0.379 e. The molecule has 1 aromatic heterocycles. The van der Waals surface area contributed by atoms with Gasteiger partial charge in [-0.05, 0) is 45.8 Å². The zero-order valence-electron chi connectivity index (χ0n) is 9.56. The molecule has 0 unspecified atom stereocenters. The monoisotopic (exact) mass is 305 g/mol. The van der Waals surface area contributed by atoms with Crippen LogP contribution < -0.4 is 11.1 Å². The molecule has 18 heavy (non-hydrogen) atoms. The third-order valence-corrected chi connectivity index (χ3v) is 3.11. The van der Waals surface area contributed by atoms with Gasteiger partial charge < -0.3 is 11.1 Å². The van der Waals surface area contributed by atoms with E-state index in [4.69, 9.17) is 5.73 Å². The third-order valence-electron chi connectivity index (χ3n) is 2.48. The molecule has 0 fully saturated rings. The Balaban J connectivity index is 2.02. The lowest BCUT2D eigenvalue weighted by atomic mass is 10.1. The first kappa shape index (κ1) is 12.6. The average molecular weight is 306 g/mol. The van der Waals surface area contributed by atoms with Crippen LogP contribution in [0.2, 0.25) is 0 Å². The highest BCUT2D eigenvalue weighted by molar-refractivity contribution is 9.10. The summed E-state index contributed by atoms with van der Waals surface area (Å²) in [7, 11) is 0. The minimum Gasteiger partial charge on any atom is -0.379 e. The molecule has 0 saturated carbocycles. The van der Waals surface area contributed by atoms with Crippen molar-refractivity contribution < 1.29 is 4.79 Å². The van der Waals surface area contributed by atoms with Crippen LogP contribution in [0.15, 0.2) is 47.2 Å². The number of halogens is 1. The average Bonchev–Trinajstić information content (AvgIpc) is 2.38. The number of nitrogens with two attached hydrogens (primary N) is 1. The van der Waals surface area contributed by atoms with Gasteiger partial charge in [-0.25, -0.2) is 4.98 Å². The van der Waals surface area contributed by atoms with Crippen LogP contribution in [0.3, 0.4) is 0 Å². The molecule has 0 aliphatic heterocycles. The summed E-state index contributed by atoms with van der Waals surface area (Å²) in [5, 5.41) is 3.25. The van der Waals surface area contributed by atoms with E-state index in [-0.39, 0.29) is 0 Å². The van der Waals surface area contributed by atoms with E-state index in [1.54, 1.807) is 18.3 Å². The van der Waals surface area contributed by atoms with E-state index in [0.29, 0.717) is 12.1 Å². The Bertz CT molecular complexity index is 554. The number of hydrogen-bond acceptors (Lipinski definition) is 3. The summed E-state index contributed by atoms with van der Waals surface area (Å²) in [6.07, 6.45) is 1.72. The number of hydrogen-bond donors (Lipinski definition) is 2. The zero-order chi connectivity index (χ0) is 13.0. The Morgan fingerprint density at radius 3 is 2.61 bits per heavy atom. The van der Waals surface area contributed by atoms with E-state index >= 15 is 0 Å². The number of nitrogens with zero attached hydrogens (tertiary/aromatic N) is 1. The van der Waals surface area contributed by atoms with Crippen LogP contribution >= 0.6 is 15.9 Å². The second-order valence-corrected chi connectivity index (χ2v) is 4.51. The maximum absolute atomic E-state index is 10.9. The predicted octanol–water partition coefficient (Wildman–Crippen LogP) is 2.56. The molecule has 1 amide bonds. The first-order valence-corrected chi connectivity index (χ1v) is 6.19. The first-order chi connectivity index (χ1) is 8.66. The van der Waals surface area contributed by atoms with Gasteiger partial charge >= 0.3 is 0 Å². The highest BCUT2D eigenvalue weighted by atomic mass is 79.9. The van der Waals surface area contributed by atoms with Gasteiger partial charge in [-0.2, -0.15) is 0 Å². The summed E-state index contributed by atoms with van der Waals surface area (Å²) in [5.74, 6) is -0.412. The Morgan fingerprint density at radius 1 is 1.28 bits per heavy atom. The summed E-state index contributed by atoms with van der Waals surface area (Å²) in [4.78, 5) is 15.1. The van der Waals surface area contributed by atoms with Crippen LogP contribution in [0.5, 0.6) is 0 Å². The molecule has 0 atom stereocenters. The molecule has 0 spiro atoms. The van der Waals surface area contributed by atoms with Crippen molar-refractivity contribution in [3.8, 4) is 0 Å². The molecule has 0 aliphatic carbocycles. The summed E-state index contributed by atoms with van der Waals surface area (Å²) < 4.78 is 0.777. The molecular formula is C13H12BrN3O. The number of carbonyl (C=O) groups is 1. The minimum atomic E-state index is -0.412. The van der Waals surface area contributed by atoms with Gasteiger partial charge in [0.05, 0.1) is 5.69 Å². The lowest BCUT2D eigenvalue weighted by molar-refractivity contribution is 0.100. The fraction of sp³-hybridized carbons (Fsp3) is 0.0769. The molecule has 92 valence electrons. The molecule has 0 bridgehead atoms. The van der Waals surface area contributed by atoms with Crippen molar-refractivity contribution in [2.45, 2.75) is 6.54 Å². The van der Waals surface area contributed by atoms with Crippen LogP contribution in [0, 0.1) is 0 Å². The van der Waals surface area contributed by atoms with E-state index in [9.17, 15) is 4.79 Å². The van der Waals surface area contributed by atoms with E-state index in [1.807, 2.05) is 24.3 Å². The number of anilines is 1. The molecular weight excluding hydrogens is 294 g/mol. The number of nitrogens with one attached hydrogen (secondary N) is 1. The van der Waals surface area contributed by atoms with Crippen LogP contribution in [-0.2, 0) is 6.54 Å². The minimum absolute atomic E-state index is 0.412. The van der Waals surface area contributed by atoms with E-state index in [0.717, 1.165) is 15.9 Å². The summed E-state index contributed by atoms with van der Waals surface area (Å²) in [5.41, 5.74) is 7.69. The molecule has 1 aromatic carbocycles. The number of primary amides is 1. The van der Waals surface area contributed by atoms with Crippen molar-refractivity contribution in [2.24, 2.45) is 5.73 Å². The topological polar surface area (TPSA) is 68.0 Å². The van der Waals surface area contributed by atoms with E-state index in [1.165, 1.54) is 0 Å². The third kappa shape index (κ3) is 3.07. The van der Waals surface area contributed by atoms with Gasteiger partial charge in [0.2, 0.25) is 5.91 Å². The fourth-order valence-electron chi connectivity index (χ4n) is 1.50. The van der Waals surface area contributed by atoms with Crippen LogP contribution in [0.25, 0.3) is 0 Å². The van der Waals surface area contributed by atoms with E-state index in [2.05, 4.69) is 26.2 Å². The lowest BCUT2D eigenvalue weighted by Gasteiger charge is -2.07. The van der Waals surface area contributed by atoms with Crippen molar-refractivity contribution in [1.29, 1.82) is 0 Å². The summed E-state index contributed by atoms with van der Waals surface area (Å²) >= 11 is 3.37. The summed E-state index contributed by atoms with van der Waals surface area (Å²) in [6.45, 7) is 0.656. The standard InChI is InChI=1S/C13H12BrN3O/c14-12-11(2-1-7-16-12)17-8-9-3-5-10(6-4-9)13(15)18/h1-7,17H,8H2,(H2,15,18). The lowest BCUT2D eigenvalue weighted by Crippen LogP contribution is -2.10. The van der Waals surface area contributed by atoms with Crippen LogP contribution in [0.4, 0.5) is 5.69 Å². The Kier molecular flexibility index (Phi) is 3.94. The smallest absolute Gasteiger partial charge is 0.248 e. The van der Waals surface area contributed by atoms with Crippen molar-refractivity contribution in [3.05, 3.63) is 58.3 Å². The highest BCUT2D eigenvalue weighted by Gasteiger charge is 2.01. The normalized spacial score (nSPS) is 10.1. The molecule has 2 aromatic rings. The number of carbonyl (C=O) groups excluding carboxylic acids is 1. The molecule has 3 N–H and O–H groups in total. The maximum Gasteiger partial charge on any atom is 0.248 e.